The fourth-order valence-electron chi connectivity index (χ4n) is 3.42. The first-order valence-corrected chi connectivity index (χ1v) is 9.73. The summed E-state index contributed by atoms with van der Waals surface area (Å²) in [5.41, 5.74) is 1.26. The van der Waals surface area contributed by atoms with E-state index in [4.69, 9.17) is 0 Å². The molecule has 2 N–H and O–H groups in total. The Hall–Kier alpha value is -2.48. The van der Waals surface area contributed by atoms with Crippen molar-refractivity contribution in [2.75, 3.05) is 26.7 Å². The monoisotopic (exact) mass is 389 g/mol. The van der Waals surface area contributed by atoms with E-state index in [-0.39, 0.29) is 30.6 Å². The molecule has 1 aromatic carbocycles. The quantitative estimate of drug-likeness (QED) is 0.758. The lowest BCUT2D eigenvalue weighted by molar-refractivity contribution is -0.138. The number of aromatic nitrogens is 2. The van der Waals surface area contributed by atoms with Crippen LogP contribution in [-0.2, 0) is 16.1 Å². The van der Waals surface area contributed by atoms with Gasteiger partial charge < -0.3 is 15.2 Å². The van der Waals surface area contributed by atoms with Crippen molar-refractivity contribution in [3.8, 4) is 0 Å². The van der Waals surface area contributed by atoms with Gasteiger partial charge in [-0.3, -0.25) is 14.5 Å². The molecule has 7 nitrogen and oxygen atoms in total. The molecule has 8 heteroatoms. The maximum atomic E-state index is 13.3. The first-order valence-electron chi connectivity index (χ1n) is 9.73. The van der Waals surface area contributed by atoms with Crippen molar-refractivity contribution in [1.82, 2.24) is 25.1 Å². The minimum Gasteiger partial charge on any atom is -0.353 e. The summed E-state index contributed by atoms with van der Waals surface area (Å²) in [4.78, 5) is 36.2. The van der Waals surface area contributed by atoms with Crippen LogP contribution in [0, 0.1) is 11.7 Å². The Morgan fingerprint density at radius 1 is 1.43 bits per heavy atom. The number of nitrogens with one attached hydrogen (secondary N) is 2. The largest absolute Gasteiger partial charge is 0.353 e. The zero-order valence-electron chi connectivity index (χ0n) is 16.7. The molecule has 1 atom stereocenters. The molecule has 1 aromatic heterocycles. The van der Waals surface area contributed by atoms with Crippen molar-refractivity contribution >= 4 is 22.8 Å². The van der Waals surface area contributed by atoms with Gasteiger partial charge in [-0.05, 0) is 37.1 Å². The van der Waals surface area contributed by atoms with Gasteiger partial charge in [-0.15, -0.1) is 0 Å². The Bertz CT molecular complexity index is 850. The molecule has 2 heterocycles. The van der Waals surface area contributed by atoms with Gasteiger partial charge in [-0.25, -0.2) is 9.37 Å². The Labute approximate surface area is 164 Å². The fourth-order valence-corrected chi connectivity index (χ4v) is 3.42. The van der Waals surface area contributed by atoms with E-state index in [2.05, 4.69) is 34.0 Å². The van der Waals surface area contributed by atoms with Crippen molar-refractivity contribution in [3.63, 3.8) is 0 Å². The summed E-state index contributed by atoms with van der Waals surface area (Å²) in [6.07, 6.45) is 1.12. The van der Waals surface area contributed by atoms with Crippen molar-refractivity contribution in [1.29, 1.82) is 0 Å². The predicted octanol–water partition coefficient (Wildman–Crippen LogP) is 1.90. The third-order valence-electron chi connectivity index (χ3n) is 5.11. The average Bonchev–Trinajstić information content (AvgIpc) is 3.03. The van der Waals surface area contributed by atoms with Crippen LogP contribution in [0.15, 0.2) is 18.2 Å². The minimum atomic E-state index is -0.438. The number of carbonyl (C=O) groups is 2. The molecule has 0 saturated carbocycles. The number of benzene rings is 1. The summed E-state index contributed by atoms with van der Waals surface area (Å²) in [6.45, 7) is 6.76. The zero-order chi connectivity index (χ0) is 20.3. The number of H-pyrrole nitrogens is 1. The van der Waals surface area contributed by atoms with E-state index in [0.29, 0.717) is 29.3 Å². The van der Waals surface area contributed by atoms with Gasteiger partial charge in [0.25, 0.3) is 0 Å². The number of halogens is 1. The van der Waals surface area contributed by atoms with Crippen LogP contribution in [-0.4, -0.2) is 64.3 Å². The molecule has 1 aliphatic rings. The highest BCUT2D eigenvalue weighted by atomic mass is 19.1. The van der Waals surface area contributed by atoms with Crippen LogP contribution in [0.5, 0.6) is 0 Å². The lowest BCUT2D eigenvalue weighted by atomic mass is 10.1. The molecule has 28 heavy (non-hydrogen) atoms. The third-order valence-corrected chi connectivity index (χ3v) is 5.11. The molecular formula is C20H28FN5O2. The summed E-state index contributed by atoms with van der Waals surface area (Å²) in [5, 5.41) is 2.86. The van der Waals surface area contributed by atoms with Gasteiger partial charge in [0.05, 0.1) is 30.0 Å². The predicted molar refractivity (Wildman–Crippen MR) is 105 cm³/mol. The van der Waals surface area contributed by atoms with Gasteiger partial charge in [-0.1, -0.05) is 13.8 Å². The maximum Gasteiger partial charge on any atom is 0.237 e. The maximum absolute atomic E-state index is 13.3. The van der Waals surface area contributed by atoms with Crippen LogP contribution in [0.4, 0.5) is 4.39 Å². The van der Waals surface area contributed by atoms with Crippen molar-refractivity contribution in [2.24, 2.45) is 5.92 Å². The lowest BCUT2D eigenvalue weighted by Gasteiger charge is -2.35. The molecule has 1 unspecified atom stereocenters. The highest BCUT2D eigenvalue weighted by molar-refractivity contribution is 5.88. The molecule has 2 aromatic rings. The van der Waals surface area contributed by atoms with Crippen molar-refractivity contribution < 1.29 is 14.0 Å². The molecule has 0 aliphatic carbocycles. The Morgan fingerprint density at radius 3 is 2.96 bits per heavy atom. The van der Waals surface area contributed by atoms with E-state index in [0.717, 1.165) is 19.5 Å². The molecule has 152 valence electrons. The van der Waals surface area contributed by atoms with Crippen LogP contribution >= 0.6 is 0 Å². The Balaban J connectivity index is 1.63. The standard InChI is InChI=1S/C20H28FN5O2/c1-13(2)6-8-26-9-7-22-20(28)17(26)11-19(27)25(3)12-18-23-15-5-4-14(21)10-16(15)24-18/h4-5,10,13,17H,6-9,11-12H2,1-3H3,(H,22,28)(H,23,24). The summed E-state index contributed by atoms with van der Waals surface area (Å²) >= 11 is 0. The van der Waals surface area contributed by atoms with Gasteiger partial charge >= 0.3 is 0 Å². The molecule has 0 spiro atoms. The van der Waals surface area contributed by atoms with E-state index < -0.39 is 6.04 Å². The minimum absolute atomic E-state index is 0.0871. The average molecular weight is 389 g/mol. The first-order chi connectivity index (χ1) is 13.3. The zero-order valence-corrected chi connectivity index (χ0v) is 16.7. The number of fused-ring (bicyclic) bond motifs is 1. The van der Waals surface area contributed by atoms with Gasteiger partial charge in [0.15, 0.2) is 0 Å². The molecule has 1 fully saturated rings. The lowest BCUT2D eigenvalue weighted by Crippen LogP contribution is -2.56. The number of hydrogen-bond donors (Lipinski definition) is 2. The second-order valence-electron chi connectivity index (χ2n) is 7.82. The number of imidazole rings is 1. The van der Waals surface area contributed by atoms with Crippen molar-refractivity contribution in [3.05, 3.63) is 29.8 Å². The third kappa shape index (κ3) is 4.86. The molecule has 2 amide bonds. The van der Waals surface area contributed by atoms with E-state index in [1.807, 2.05) is 0 Å². The van der Waals surface area contributed by atoms with E-state index in [1.54, 1.807) is 18.0 Å². The first kappa shape index (κ1) is 20.3. The highest BCUT2D eigenvalue weighted by Gasteiger charge is 2.32. The number of hydrogen-bond acceptors (Lipinski definition) is 4. The van der Waals surface area contributed by atoms with E-state index in [9.17, 15) is 14.0 Å². The molecule has 1 aliphatic heterocycles. The second-order valence-corrected chi connectivity index (χ2v) is 7.82. The SMILES string of the molecule is CC(C)CCN1CCNC(=O)C1CC(=O)N(C)Cc1nc2ccc(F)cc2[nH]1. The number of carbonyl (C=O) groups excluding carboxylic acids is 2. The summed E-state index contributed by atoms with van der Waals surface area (Å²) in [5.74, 6) is 0.583. The van der Waals surface area contributed by atoms with Crippen LogP contribution < -0.4 is 5.32 Å². The normalized spacial score (nSPS) is 17.9. The Kier molecular flexibility index (Phi) is 6.28. The van der Waals surface area contributed by atoms with Crippen LogP contribution in [0.3, 0.4) is 0 Å². The summed E-state index contributed by atoms with van der Waals surface area (Å²) in [7, 11) is 1.69. The summed E-state index contributed by atoms with van der Waals surface area (Å²) in [6, 6.07) is 3.90. The molecular weight excluding hydrogens is 361 g/mol. The number of nitrogens with zero attached hydrogens (tertiary/aromatic N) is 3. The molecule has 3 rings (SSSR count). The van der Waals surface area contributed by atoms with Crippen molar-refractivity contribution in [2.45, 2.75) is 39.3 Å². The topological polar surface area (TPSA) is 81.3 Å². The van der Waals surface area contributed by atoms with Gasteiger partial charge in [0.2, 0.25) is 11.8 Å². The van der Waals surface area contributed by atoms with Gasteiger partial charge in [-0.2, -0.15) is 0 Å². The number of rotatable bonds is 7. The van der Waals surface area contributed by atoms with Crippen LogP contribution in [0.2, 0.25) is 0 Å². The number of aromatic amines is 1. The summed E-state index contributed by atoms with van der Waals surface area (Å²) < 4.78 is 13.3. The van der Waals surface area contributed by atoms with Crippen LogP contribution in [0.25, 0.3) is 11.0 Å². The van der Waals surface area contributed by atoms with E-state index in [1.165, 1.54) is 12.1 Å². The molecule has 1 saturated heterocycles. The fraction of sp³-hybridized carbons (Fsp3) is 0.550. The second kappa shape index (κ2) is 8.68. The molecule has 0 radical (unpaired) electrons. The molecule has 0 bridgehead atoms. The van der Waals surface area contributed by atoms with Crippen LogP contribution in [0.1, 0.15) is 32.5 Å². The van der Waals surface area contributed by atoms with Gasteiger partial charge in [0, 0.05) is 20.1 Å². The Morgan fingerprint density at radius 2 is 2.21 bits per heavy atom. The van der Waals surface area contributed by atoms with Gasteiger partial charge in [0.1, 0.15) is 11.6 Å². The van der Waals surface area contributed by atoms with E-state index >= 15 is 0 Å². The number of amides is 2. The smallest absolute Gasteiger partial charge is 0.237 e. The highest BCUT2D eigenvalue weighted by Crippen LogP contribution is 2.16. The number of piperazine rings is 1.